The van der Waals surface area contributed by atoms with E-state index in [4.69, 9.17) is 21.7 Å². The van der Waals surface area contributed by atoms with Gasteiger partial charge in [-0.2, -0.15) is 0 Å². The molecule has 2 fully saturated rings. The number of nitrogens with zero attached hydrogens (tertiary/aromatic N) is 1. The van der Waals surface area contributed by atoms with Crippen molar-refractivity contribution >= 4 is 17.4 Å². The maximum atomic E-state index is 5.85. The molecule has 0 N–H and O–H groups in total. The normalized spacial score (nSPS) is 36.4. The first-order chi connectivity index (χ1) is 7.61. The van der Waals surface area contributed by atoms with Crippen molar-refractivity contribution in [1.29, 1.82) is 0 Å². The van der Waals surface area contributed by atoms with Crippen LogP contribution in [-0.4, -0.2) is 44.0 Å². The lowest BCUT2D eigenvalue weighted by Gasteiger charge is -2.29. The monoisotopic (exact) mass is 243 g/mol. The van der Waals surface area contributed by atoms with Gasteiger partial charge in [0.1, 0.15) is 6.10 Å². The SMILES string of the molecule is COCC1CC2CC1CC2OC(=S)N(C)C. The molecule has 0 aromatic rings. The maximum absolute atomic E-state index is 5.85. The minimum absolute atomic E-state index is 0.355. The quantitative estimate of drug-likeness (QED) is 0.706. The zero-order valence-corrected chi connectivity index (χ0v) is 11.1. The first-order valence-corrected chi connectivity index (χ1v) is 6.39. The third-order valence-electron chi connectivity index (χ3n) is 3.94. The van der Waals surface area contributed by atoms with Gasteiger partial charge in [-0.3, -0.25) is 0 Å². The Balaban J connectivity index is 1.84. The van der Waals surface area contributed by atoms with Crippen LogP contribution in [0.2, 0.25) is 0 Å². The summed E-state index contributed by atoms with van der Waals surface area (Å²) in [5, 5.41) is 0.626. The first-order valence-electron chi connectivity index (χ1n) is 5.98. The third kappa shape index (κ3) is 2.33. The molecule has 0 aromatic heterocycles. The number of hydrogen-bond acceptors (Lipinski definition) is 3. The molecular formula is C12H21NO2S. The van der Waals surface area contributed by atoms with E-state index in [9.17, 15) is 0 Å². The minimum atomic E-state index is 0.355. The van der Waals surface area contributed by atoms with Crippen molar-refractivity contribution in [3.05, 3.63) is 0 Å². The van der Waals surface area contributed by atoms with Gasteiger partial charge in [0.25, 0.3) is 5.17 Å². The van der Waals surface area contributed by atoms with Gasteiger partial charge in [0, 0.05) is 27.8 Å². The summed E-state index contributed by atoms with van der Waals surface area (Å²) >= 11 is 5.19. The Hall–Kier alpha value is -0.350. The molecule has 4 unspecified atom stereocenters. The van der Waals surface area contributed by atoms with Crippen molar-refractivity contribution in [2.24, 2.45) is 17.8 Å². The number of hydrogen-bond donors (Lipinski definition) is 0. The molecule has 0 heterocycles. The Kier molecular flexibility index (Phi) is 3.70. The first kappa shape index (κ1) is 12.1. The topological polar surface area (TPSA) is 21.7 Å². The van der Waals surface area contributed by atoms with E-state index >= 15 is 0 Å². The molecule has 4 heteroatoms. The highest BCUT2D eigenvalue weighted by Gasteiger charge is 2.47. The van der Waals surface area contributed by atoms with Crippen molar-refractivity contribution in [2.75, 3.05) is 27.8 Å². The lowest BCUT2D eigenvalue weighted by molar-refractivity contribution is 0.0645. The predicted molar refractivity (Wildman–Crippen MR) is 67.4 cm³/mol. The fourth-order valence-corrected chi connectivity index (χ4v) is 3.26. The summed E-state index contributed by atoms with van der Waals surface area (Å²) in [5.74, 6) is 2.24. The van der Waals surface area contributed by atoms with E-state index in [1.54, 1.807) is 7.11 Å². The van der Waals surface area contributed by atoms with Crippen LogP contribution in [0.3, 0.4) is 0 Å². The second kappa shape index (κ2) is 4.88. The molecule has 0 aliphatic heterocycles. The molecule has 2 rings (SSSR count). The summed E-state index contributed by atoms with van der Waals surface area (Å²) in [6.45, 7) is 0.909. The van der Waals surface area contributed by atoms with E-state index in [-0.39, 0.29) is 0 Å². The highest BCUT2D eigenvalue weighted by molar-refractivity contribution is 7.80. The number of ether oxygens (including phenoxy) is 2. The van der Waals surface area contributed by atoms with Crippen LogP contribution in [0, 0.1) is 17.8 Å². The van der Waals surface area contributed by atoms with Gasteiger partial charge in [0.05, 0.1) is 0 Å². The van der Waals surface area contributed by atoms with E-state index in [0.29, 0.717) is 17.2 Å². The van der Waals surface area contributed by atoms with Gasteiger partial charge in [0.2, 0.25) is 0 Å². The Morgan fingerprint density at radius 3 is 2.50 bits per heavy atom. The fraction of sp³-hybridized carbons (Fsp3) is 0.917. The molecule has 2 bridgehead atoms. The van der Waals surface area contributed by atoms with E-state index < -0.39 is 0 Å². The molecular weight excluding hydrogens is 222 g/mol. The highest BCUT2D eigenvalue weighted by Crippen LogP contribution is 2.49. The van der Waals surface area contributed by atoms with Crippen LogP contribution in [0.4, 0.5) is 0 Å². The Labute approximate surface area is 103 Å². The molecule has 2 aliphatic carbocycles. The molecule has 3 nitrogen and oxygen atoms in total. The van der Waals surface area contributed by atoms with Crippen molar-refractivity contribution in [3.63, 3.8) is 0 Å². The summed E-state index contributed by atoms with van der Waals surface area (Å²) in [7, 11) is 5.66. The van der Waals surface area contributed by atoms with Gasteiger partial charge in [-0.15, -0.1) is 0 Å². The summed E-state index contributed by atoms with van der Waals surface area (Å²) in [6.07, 6.45) is 4.06. The van der Waals surface area contributed by atoms with Crippen molar-refractivity contribution in [1.82, 2.24) is 4.90 Å². The molecule has 92 valence electrons. The molecule has 0 saturated heterocycles. The number of rotatable bonds is 3. The minimum Gasteiger partial charge on any atom is -0.467 e. The molecule has 0 amide bonds. The second-order valence-electron chi connectivity index (χ2n) is 5.26. The van der Waals surface area contributed by atoms with Crippen molar-refractivity contribution in [3.8, 4) is 0 Å². The van der Waals surface area contributed by atoms with Crippen LogP contribution in [0.5, 0.6) is 0 Å². The summed E-state index contributed by atoms with van der Waals surface area (Å²) < 4.78 is 11.1. The third-order valence-corrected chi connectivity index (χ3v) is 4.40. The molecule has 0 radical (unpaired) electrons. The fourth-order valence-electron chi connectivity index (χ4n) is 3.14. The molecule has 2 aliphatic rings. The van der Waals surface area contributed by atoms with Crippen LogP contribution in [-0.2, 0) is 9.47 Å². The van der Waals surface area contributed by atoms with Crippen LogP contribution in [0.1, 0.15) is 19.3 Å². The maximum Gasteiger partial charge on any atom is 0.259 e. The van der Waals surface area contributed by atoms with Crippen LogP contribution < -0.4 is 0 Å². The zero-order valence-electron chi connectivity index (χ0n) is 10.3. The van der Waals surface area contributed by atoms with Crippen molar-refractivity contribution < 1.29 is 9.47 Å². The number of fused-ring (bicyclic) bond motifs is 2. The smallest absolute Gasteiger partial charge is 0.259 e. The molecule has 0 aromatic carbocycles. The van der Waals surface area contributed by atoms with Crippen molar-refractivity contribution in [2.45, 2.75) is 25.4 Å². The van der Waals surface area contributed by atoms with Gasteiger partial charge in [-0.25, -0.2) is 0 Å². The Morgan fingerprint density at radius 1 is 1.25 bits per heavy atom. The van der Waals surface area contributed by atoms with E-state index in [1.165, 1.54) is 12.8 Å². The molecule has 4 atom stereocenters. The largest absolute Gasteiger partial charge is 0.467 e. The molecule has 0 spiro atoms. The van der Waals surface area contributed by atoms with E-state index in [0.717, 1.165) is 24.9 Å². The molecule has 16 heavy (non-hydrogen) atoms. The zero-order chi connectivity index (χ0) is 11.7. The van der Waals surface area contributed by atoms with Gasteiger partial charge < -0.3 is 14.4 Å². The van der Waals surface area contributed by atoms with Crippen LogP contribution >= 0.6 is 12.2 Å². The summed E-state index contributed by atoms with van der Waals surface area (Å²) in [5.41, 5.74) is 0. The van der Waals surface area contributed by atoms with Gasteiger partial charge >= 0.3 is 0 Å². The highest BCUT2D eigenvalue weighted by atomic mass is 32.1. The van der Waals surface area contributed by atoms with Gasteiger partial charge in [0.15, 0.2) is 0 Å². The second-order valence-corrected chi connectivity index (χ2v) is 5.61. The lowest BCUT2D eigenvalue weighted by atomic mass is 9.88. The predicted octanol–water partition coefficient (Wildman–Crippen LogP) is 1.91. The average Bonchev–Trinajstić information content (AvgIpc) is 2.77. The van der Waals surface area contributed by atoms with Crippen LogP contribution in [0.25, 0.3) is 0 Å². The van der Waals surface area contributed by atoms with Gasteiger partial charge in [-0.05, 0) is 49.2 Å². The summed E-state index contributed by atoms with van der Waals surface area (Å²) in [4.78, 5) is 1.87. The summed E-state index contributed by atoms with van der Waals surface area (Å²) in [6, 6.07) is 0. The number of thiocarbonyl (C=S) groups is 1. The lowest BCUT2D eigenvalue weighted by Crippen LogP contribution is -2.32. The standard InChI is InChI=1S/C12H21NO2S/c1-13(2)12(16)15-11-6-8-4-9(11)5-10(8)7-14-3/h8-11H,4-7H2,1-3H3. The van der Waals surface area contributed by atoms with E-state index in [2.05, 4.69) is 0 Å². The van der Waals surface area contributed by atoms with Crippen LogP contribution in [0.15, 0.2) is 0 Å². The Bertz CT molecular complexity index is 270. The van der Waals surface area contributed by atoms with E-state index in [1.807, 2.05) is 19.0 Å². The molecule has 2 saturated carbocycles. The number of methoxy groups -OCH3 is 1. The Morgan fingerprint density at radius 2 is 2.00 bits per heavy atom. The van der Waals surface area contributed by atoms with Gasteiger partial charge in [-0.1, -0.05) is 0 Å². The average molecular weight is 243 g/mol.